The smallest absolute Gasteiger partial charge is 0.418 e. The molecule has 15 heteroatoms. The number of halogens is 3. The first-order valence-electron chi connectivity index (χ1n) is 10.9. The van der Waals surface area contributed by atoms with Crippen LogP contribution in [0.15, 0.2) is 34.3 Å². The zero-order valence-electron chi connectivity index (χ0n) is 20.2. The standard InChI is InChI=1S/C21H28F3N4O6PS/c1-6-34-35(31)14-11-12(27-36(32)33)7-8-13(14)25-17(26-35)15-16(29)20(5,21(22,23)24)28(18(15)30)10-9-19(2,3)4/h7-8,11,27,29H,6,9-10H2,1-5H3,(H,32,33)(H,25,26,31)/p-1. The van der Waals surface area contributed by atoms with Crippen molar-refractivity contribution in [1.82, 2.24) is 4.90 Å². The average molecular weight is 552 g/mol. The van der Waals surface area contributed by atoms with Crippen molar-refractivity contribution >= 4 is 47.2 Å². The molecule has 3 unspecified atom stereocenters. The molecule has 200 valence electrons. The minimum Gasteiger partial charge on any atom is -0.755 e. The van der Waals surface area contributed by atoms with Crippen LogP contribution in [0.1, 0.15) is 41.0 Å². The number of aliphatic hydroxyl groups is 1. The minimum atomic E-state index is -5.03. The van der Waals surface area contributed by atoms with Crippen molar-refractivity contribution in [2.75, 3.05) is 23.2 Å². The Bertz CT molecular complexity index is 1210. The number of benzene rings is 1. The van der Waals surface area contributed by atoms with E-state index >= 15 is 0 Å². The van der Waals surface area contributed by atoms with E-state index in [2.05, 4.69) is 14.8 Å². The molecule has 2 aliphatic rings. The number of amides is 1. The van der Waals surface area contributed by atoms with Crippen LogP contribution in [0.2, 0.25) is 0 Å². The van der Waals surface area contributed by atoms with Crippen LogP contribution in [0.3, 0.4) is 0 Å². The maximum atomic E-state index is 14.3. The van der Waals surface area contributed by atoms with Crippen LogP contribution in [-0.4, -0.2) is 55.4 Å². The lowest BCUT2D eigenvalue weighted by atomic mass is 9.90. The van der Waals surface area contributed by atoms with Crippen molar-refractivity contribution in [3.05, 3.63) is 29.5 Å². The first-order chi connectivity index (χ1) is 16.4. The van der Waals surface area contributed by atoms with Gasteiger partial charge in [-0.15, -0.1) is 0 Å². The molecule has 0 bridgehead atoms. The molecule has 0 saturated heterocycles. The highest BCUT2D eigenvalue weighted by molar-refractivity contribution is 7.80. The summed E-state index contributed by atoms with van der Waals surface area (Å²) < 4.78 is 89.8. The topological polar surface area (TPSA) is 143 Å². The number of anilines is 2. The Kier molecular flexibility index (Phi) is 7.41. The summed E-state index contributed by atoms with van der Waals surface area (Å²) >= 11 is -2.68. The summed E-state index contributed by atoms with van der Waals surface area (Å²) in [6, 6.07) is 3.82. The number of carbonyl (C=O) groups excluding carboxylic acids is 1. The highest BCUT2D eigenvalue weighted by Gasteiger charge is 2.65. The lowest BCUT2D eigenvalue weighted by Crippen LogP contribution is -2.57. The van der Waals surface area contributed by atoms with Gasteiger partial charge in [-0.1, -0.05) is 20.8 Å². The van der Waals surface area contributed by atoms with E-state index < -0.39 is 59.0 Å². The molecule has 3 N–H and O–H groups in total. The molecule has 0 aromatic heterocycles. The fourth-order valence-electron chi connectivity index (χ4n) is 3.84. The van der Waals surface area contributed by atoms with Gasteiger partial charge in [-0.3, -0.25) is 13.6 Å². The zero-order chi connectivity index (χ0) is 27.3. The van der Waals surface area contributed by atoms with Crippen molar-refractivity contribution in [3.63, 3.8) is 0 Å². The lowest BCUT2D eigenvalue weighted by Gasteiger charge is -2.38. The highest BCUT2D eigenvalue weighted by Crippen LogP contribution is 2.54. The molecule has 0 spiro atoms. The normalized spacial score (nSPS) is 25.4. The predicted molar refractivity (Wildman–Crippen MR) is 129 cm³/mol. The summed E-state index contributed by atoms with van der Waals surface area (Å²) in [4.78, 5) is 13.9. The monoisotopic (exact) mass is 551 g/mol. The second-order valence-corrected chi connectivity index (χ2v) is 12.3. The number of rotatable bonds is 7. The summed E-state index contributed by atoms with van der Waals surface area (Å²) in [6.45, 7) is 7.21. The maximum absolute atomic E-state index is 14.3. The van der Waals surface area contributed by atoms with E-state index in [1.54, 1.807) is 20.8 Å². The number of hydrogen-bond acceptors (Lipinski definition) is 7. The van der Waals surface area contributed by atoms with Crippen LogP contribution in [-0.2, 0) is 25.1 Å². The molecule has 1 aromatic rings. The minimum absolute atomic E-state index is 0.0412. The Morgan fingerprint density at radius 3 is 2.50 bits per heavy atom. The largest absolute Gasteiger partial charge is 0.755 e. The third-order valence-corrected chi connectivity index (χ3v) is 8.32. The van der Waals surface area contributed by atoms with Crippen LogP contribution in [0.25, 0.3) is 0 Å². The van der Waals surface area contributed by atoms with Crippen molar-refractivity contribution < 1.29 is 40.9 Å². The molecule has 3 atom stereocenters. The number of hydrogen-bond donors (Lipinski definition) is 3. The van der Waals surface area contributed by atoms with Crippen LogP contribution < -0.4 is 15.3 Å². The third kappa shape index (κ3) is 5.04. The highest BCUT2D eigenvalue weighted by atomic mass is 32.2. The Morgan fingerprint density at radius 1 is 1.33 bits per heavy atom. The number of aliphatic hydroxyl groups excluding tert-OH is 1. The van der Waals surface area contributed by atoms with Gasteiger partial charge < -0.3 is 29.1 Å². The van der Waals surface area contributed by atoms with Crippen molar-refractivity contribution in [2.24, 2.45) is 10.2 Å². The second kappa shape index (κ2) is 9.47. The molecular formula is C21H27F3N4O6PS-. The molecule has 2 aliphatic heterocycles. The summed E-state index contributed by atoms with van der Waals surface area (Å²) in [5, 5.41) is 13.4. The molecule has 10 nitrogen and oxygen atoms in total. The number of amidine groups is 1. The van der Waals surface area contributed by atoms with Gasteiger partial charge in [-0.2, -0.15) is 17.9 Å². The average Bonchev–Trinajstić information content (AvgIpc) is 2.92. The molecule has 2 heterocycles. The van der Waals surface area contributed by atoms with Gasteiger partial charge in [-0.25, -0.2) is 0 Å². The predicted octanol–water partition coefficient (Wildman–Crippen LogP) is 3.98. The molecule has 1 amide bonds. The molecule has 0 radical (unpaired) electrons. The first kappa shape index (κ1) is 28.2. The van der Waals surface area contributed by atoms with E-state index in [-0.39, 0.29) is 36.3 Å². The Morgan fingerprint density at radius 2 is 1.97 bits per heavy atom. The molecule has 0 fully saturated rings. The molecule has 1 aromatic carbocycles. The molecule has 3 rings (SSSR count). The van der Waals surface area contributed by atoms with Gasteiger partial charge in [0.05, 0.1) is 17.6 Å². The summed E-state index contributed by atoms with van der Waals surface area (Å²) in [5.41, 5.74) is -4.10. The lowest BCUT2D eigenvalue weighted by molar-refractivity contribution is -0.216. The van der Waals surface area contributed by atoms with E-state index in [0.29, 0.717) is 11.8 Å². The fraction of sp³-hybridized carbons (Fsp3) is 0.524. The van der Waals surface area contributed by atoms with Crippen molar-refractivity contribution in [1.29, 1.82) is 0 Å². The molecule has 0 saturated carbocycles. The van der Waals surface area contributed by atoms with Crippen molar-refractivity contribution in [3.8, 4) is 0 Å². The summed E-state index contributed by atoms with van der Waals surface area (Å²) in [7, 11) is -4.19. The molecule has 36 heavy (non-hydrogen) atoms. The Hall–Kier alpha value is -2.41. The third-order valence-electron chi connectivity index (χ3n) is 5.86. The number of nitrogens with one attached hydrogen (secondary N) is 2. The first-order valence-corrected chi connectivity index (χ1v) is 13.5. The van der Waals surface area contributed by atoms with Crippen LogP contribution in [0.4, 0.5) is 24.5 Å². The Labute approximate surface area is 208 Å². The van der Waals surface area contributed by atoms with Gasteiger partial charge in [0.15, 0.2) is 11.4 Å². The second-order valence-electron chi connectivity index (χ2n) is 9.64. The number of nitrogens with zero attached hydrogens (tertiary/aromatic N) is 2. The zero-order valence-corrected chi connectivity index (χ0v) is 21.9. The van der Waals surface area contributed by atoms with E-state index in [1.807, 2.05) is 0 Å². The molecular weight excluding hydrogens is 524 g/mol. The number of alkyl halides is 3. The van der Waals surface area contributed by atoms with Crippen LogP contribution in [0, 0.1) is 5.41 Å². The summed E-state index contributed by atoms with van der Waals surface area (Å²) in [6.07, 6.45) is -4.82. The Balaban J connectivity index is 2.15. The van der Waals surface area contributed by atoms with Gasteiger partial charge in [0.1, 0.15) is 11.3 Å². The van der Waals surface area contributed by atoms with E-state index in [0.717, 1.165) is 0 Å². The number of carbonyl (C=O) groups is 1. The quantitative estimate of drug-likeness (QED) is 0.344. The number of fused-ring (bicyclic) bond motifs is 1. The molecule has 0 aliphatic carbocycles. The van der Waals surface area contributed by atoms with Gasteiger partial charge in [0.25, 0.3) is 5.91 Å². The fourth-order valence-corrected chi connectivity index (χ4v) is 5.96. The van der Waals surface area contributed by atoms with E-state index in [1.165, 1.54) is 25.1 Å². The van der Waals surface area contributed by atoms with Gasteiger partial charge >= 0.3 is 13.7 Å². The SMILES string of the molecule is CCOP1(=O)N=C(C2=C(O)C(C)(C(F)(F)F)N(CCC(C)(C)C)C2=O)Nc2ccc(NS(=O)[O-])cc21. The van der Waals surface area contributed by atoms with Gasteiger partial charge in [0, 0.05) is 23.5 Å². The van der Waals surface area contributed by atoms with Gasteiger partial charge in [0.2, 0.25) is 0 Å². The maximum Gasteiger partial charge on any atom is 0.418 e. The van der Waals surface area contributed by atoms with Crippen LogP contribution in [0.5, 0.6) is 0 Å². The van der Waals surface area contributed by atoms with E-state index in [4.69, 9.17) is 4.52 Å². The van der Waals surface area contributed by atoms with Crippen molar-refractivity contribution in [2.45, 2.75) is 52.8 Å². The summed E-state index contributed by atoms with van der Waals surface area (Å²) in [5.74, 6) is -2.94. The van der Waals surface area contributed by atoms with Gasteiger partial charge in [-0.05, 0) is 43.9 Å². The van der Waals surface area contributed by atoms with Crippen LogP contribution >= 0.6 is 7.52 Å². The van der Waals surface area contributed by atoms with E-state index in [9.17, 15) is 36.4 Å².